The largest absolute Gasteiger partial charge is 0.459 e. The minimum Gasteiger partial charge on any atom is -0.366 e. The number of nitrogens with zero attached hydrogens (tertiary/aromatic N) is 4. The van der Waals surface area contributed by atoms with E-state index < -0.39 is 17.1 Å². The Labute approximate surface area is 267 Å². The van der Waals surface area contributed by atoms with E-state index in [4.69, 9.17) is 16.1 Å². The van der Waals surface area contributed by atoms with E-state index in [1.807, 2.05) is 51.1 Å². The summed E-state index contributed by atoms with van der Waals surface area (Å²) in [7, 11) is 0. The molecule has 240 valence electrons. The van der Waals surface area contributed by atoms with Gasteiger partial charge in [0.05, 0.1) is 24.1 Å². The third-order valence-electron chi connectivity index (χ3n) is 9.79. The fourth-order valence-electron chi connectivity index (χ4n) is 7.56. The maximum atomic E-state index is 13.4. The van der Waals surface area contributed by atoms with E-state index in [1.54, 1.807) is 15.7 Å². The van der Waals surface area contributed by atoms with Crippen LogP contribution in [-0.4, -0.2) is 51.1 Å². The van der Waals surface area contributed by atoms with Crippen LogP contribution in [0.2, 0.25) is 0 Å². The summed E-state index contributed by atoms with van der Waals surface area (Å²) in [6.45, 7) is 9.94. The molecule has 1 saturated carbocycles. The Morgan fingerprint density at radius 2 is 1.78 bits per heavy atom. The van der Waals surface area contributed by atoms with Crippen LogP contribution in [0.25, 0.3) is 5.70 Å². The minimum absolute atomic E-state index is 0.0652. The van der Waals surface area contributed by atoms with Crippen molar-refractivity contribution in [3.05, 3.63) is 92.7 Å². The van der Waals surface area contributed by atoms with Gasteiger partial charge in [-0.3, -0.25) is 15.4 Å². The highest BCUT2D eigenvalue weighted by Crippen LogP contribution is 2.49. The summed E-state index contributed by atoms with van der Waals surface area (Å²) in [5.74, 6) is 5.22. The molecule has 2 fully saturated rings. The van der Waals surface area contributed by atoms with E-state index in [-0.39, 0.29) is 36.6 Å². The predicted octanol–water partition coefficient (Wildman–Crippen LogP) is 2.26. The van der Waals surface area contributed by atoms with Crippen LogP contribution in [0.4, 0.5) is 0 Å². The van der Waals surface area contributed by atoms with Gasteiger partial charge in [0.25, 0.3) is 0 Å². The number of nitrogens with two attached hydrogens (primary N) is 2. The number of benzene rings is 2. The summed E-state index contributed by atoms with van der Waals surface area (Å²) in [5.41, 5.74) is 12.7. The first-order valence-corrected chi connectivity index (χ1v) is 15.8. The summed E-state index contributed by atoms with van der Waals surface area (Å²) in [5, 5.41) is 13.1. The van der Waals surface area contributed by atoms with Gasteiger partial charge < -0.3 is 25.9 Å². The van der Waals surface area contributed by atoms with Crippen molar-refractivity contribution in [2.75, 3.05) is 6.54 Å². The average Bonchev–Trinajstić information content (AvgIpc) is 3.56. The molecule has 1 saturated heterocycles. The van der Waals surface area contributed by atoms with Crippen LogP contribution < -0.4 is 28.1 Å². The van der Waals surface area contributed by atoms with E-state index >= 15 is 0 Å². The highest BCUT2D eigenvalue weighted by Gasteiger charge is 2.54. The number of carbonyl (C=O) groups excluding carboxylic acids is 2. The third kappa shape index (κ3) is 5.29. The lowest BCUT2D eigenvalue weighted by molar-refractivity contribution is -0.131. The number of amides is 2. The molecule has 5 unspecified atom stereocenters. The van der Waals surface area contributed by atoms with Crippen molar-refractivity contribution in [2.45, 2.75) is 82.5 Å². The fourth-order valence-corrected chi connectivity index (χ4v) is 7.56. The Morgan fingerprint density at radius 1 is 1.13 bits per heavy atom. The van der Waals surface area contributed by atoms with Gasteiger partial charge >= 0.3 is 5.76 Å². The van der Waals surface area contributed by atoms with Crippen molar-refractivity contribution in [2.24, 2.45) is 17.5 Å². The minimum atomic E-state index is -1.04. The van der Waals surface area contributed by atoms with E-state index in [0.29, 0.717) is 42.3 Å². The number of likely N-dealkylation sites (tertiary alicyclic amines) is 1. The lowest BCUT2D eigenvalue weighted by atomic mass is 9.67. The Balaban J connectivity index is 1.49. The Hall–Kier alpha value is -4.73. The molecule has 2 aromatic carbocycles. The molecule has 2 aliphatic carbocycles. The molecule has 12 heteroatoms. The zero-order chi connectivity index (χ0) is 32.9. The monoisotopic (exact) mass is 624 g/mol. The highest BCUT2D eigenvalue weighted by atomic mass is 16.5. The second-order valence-corrected chi connectivity index (χ2v) is 13.1. The number of aryl methyl sites for hydroxylation is 2. The first kappa shape index (κ1) is 31.3. The number of fused-ring (bicyclic) bond motifs is 3. The number of aromatic nitrogens is 2. The van der Waals surface area contributed by atoms with Crippen LogP contribution in [0.1, 0.15) is 90.1 Å². The summed E-state index contributed by atoms with van der Waals surface area (Å²) in [4.78, 5) is 44.8. The standard InChI is InChI=1S/C34H40N8O4/c1-18(2)42-32(39-33(45)46-42)34(15-19(3)38-17-30(43)41-26(16-35)13-25-14-29(25)41)27-9-7-21(20(4)40-37)11-22(27)5-6-23-12-24(31(36)44)8-10-28(23)34/h7-12,18-19,25-26,29,38,40H,4-6,13-15,17,37H2,1-3H3,(H2,36,44). The van der Waals surface area contributed by atoms with Crippen LogP contribution in [0.3, 0.4) is 0 Å². The van der Waals surface area contributed by atoms with Crippen molar-refractivity contribution in [3.8, 4) is 6.07 Å². The molecule has 2 amide bonds. The lowest BCUT2D eigenvalue weighted by Crippen LogP contribution is -2.47. The molecule has 1 aromatic heterocycles. The number of carbonyl (C=O) groups is 2. The third-order valence-corrected chi connectivity index (χ3v) is 9.79. The maximum absolute atomic E-state index is 13.4. The number of piperidine rings is 1. The zero-order valence-corrected chi connectivity index (χ0v) is 26.4. The number of hydrazine groups is 1. The molecule has 3 aromatic rings. The first-order chi connectivity index (χ1) is 22.0. The maximum Gasteiger partial charge on any atom is 0.459 e. The van der Waals surface area contributed by atoms with Gasteiger partial charge in [0.1, 0.15) is 6.04 Å². The zero-order valence-electron chi connectivity index (χ0n) is 26.4. The highest BCUT2D eigenvalue weighted by molar-refractivity contribution is 5.93. The normalized spacial score (nSPS) is 23.5. The van der Waals surface area contributed by atoms with Gasteiger partial charge in [0.15, 0.2) is 5.82 Å². The lowest BCUT2D eigenvalue weighted by Gasteiger charge is -2.38. The van der Waals surface area contributed by atoms with Crippen LogP contribution in [0.15, 0.2) is 52.3 Å². The fraction of sp³-hybridized carbons (Fsp3) is 0.441. The van der Waals surface area contributed by atoms with Crippen molar-refractivity contribution in [3.63, 3.8) is 0 Å². The van der Waals surface area contributed by atoms with Gasteiger partial charge in [0, 0.05) is 23.3 Å². The van der Waals surface area contributed by atoms with Crippen molar-refractivity contribution in [1.29, 1.82) is 5.26 Å². The predicted molar refractivity (Wildman–Crippen MR) is 171 cm³/mol. The second kappa shape index (κ2) is 11.9. The van der Waals surface area contributed by atoms with E-state index in [1.165, 1.54) is 0 Å². The second-order valence-electron chi connectivity index (χ2n) is 13.1. The molecule has 6 N–H and O–H groups in total. The van der Waals surface area contributed by atoms with Crippen LogP contribution in [-0.2, 0) is 23.1 Å². The van der Waals surface area contributed by atoms with Gasteiger partial charge in [-0.25, -0.2) is 4.79 Å². The number of hydrogen-bond donors (Lipinski definition) is 4. The van der Waals surface area contributed by atoms with Gasteiger partial charge in [0.2, 0.25) is 11.8 Å². The Kier molecular flexibility index (Phi) is 8.08. The molecule has 6 rings (SSSR count). The topological polar surface area (TPSA) is 185 Å². The summed E-state index contributed by atoms with van der Waals surface area (Å²) in [6.07, 6.45) is 3.29. The van der Waals surface area contributed by atoms with Crippen LogP contribution in [0, 0.1) is 17.2 Å². The molecular weight excluding hydrogens is 584 g/mol. The summed E-state index contributed by atoms with van der Waals surface area (Å²) < 4.78 is 7.24. The number of nitrogens with one attached hydrogen (secondary N) is 2. The van der Waals surface area contributed by atoms with Crippen molar-refractivity contribution >= 4 is 17.5 Å². The molecule has 46 heavy (non-hydrogen) atoms. The van der Waals surface area contributed by atoms with Gasteiger partial charge in [-0.2, -0.15) is 15.0 Å². The van der Waals surface area contributed by atoms with E-state index in [2.05, 4.69) is 28.4 Å². The molecule has 3 aliphatic rings. The molecule has 2 heterocycles. The van der Waals surface area contributed by atoms with Crippen LogP contribution in [0.5, 0.6) is 0 Å². The molecule has 1 aliphatic heterocycles. The summed E-state index contributed by atoms with van der Waals surface area (Å²) >= 11 is 0. The smallest absolute Gasteiger partial charge is 0.366 e. The number of hydrogen-bond acceptors (Lipinski definition) is 9. The van der Waals surface area contributed by atoms with Gasteiger partial charge in [-0.1, -0.05) is 24.8 Å². The van der Waals surface area contributed by atoms with Gasteiger partial charge in [-0.05, 0) is 105 Å². The van der Waals surface area contributed by atoms with Crippen molar-refractivity contribution in [1.82, 2.24) is 25.4 Å². The molecule has 5 atom stereocenters. The SMILES string of the molecule is C=C(NN)c1ccc2c(c1)CCc1cc(C(N)=O)ccc1C2(CC(C)NCC(=O)N1C(C#N)CC2CC21)c1nc(=O)on1C(C)C. The molecular formula is C34H40N8O4. The number of nitriles is 1. The Bertz CT molecular complexity index is 1820. The summed E-state index contributed by atoms with van der Waals surface area (Å²) in [6, 6.07) is 12.9. The molecule has 12 nitrogen and oxygen atoms in total. The number of primary amides is 1. The van der Waals surface area contributed by atoms with Crippen LogP contribution >= 0.6 is 0 Å². The van der Waals surface area contributed by atoms with E-state index in [0.717, 1.165) is 40.7 Å². The van der Waals surface area contributed by atoms with E-state index in [9.17, 15) is 19.6 Å². The Morgan fingerprint density at radius 3 is 2.39 bits per heavy atom. The first-order valence-electron chi connectivity index (χ1n) is 15.8. The molecule has 0 bridgehead atoms. The average molecular weight is 625 g/mol. The van der Waals surface area contributed by atoms with Crippen molar-refractivity contribution < 1.29 is 14.1 Å². The number of rotatable bonds is 10. The molecule has 0 radical (unpaired) electrons. The van der Waals surface area contributed by atoms with Gasteiger partial charge in [-0.15, -0.1) is 0 Å². The molecule has 0 spiro atoms. The quantitative estimate of drug-likeness (QED) is 0.194.